The van der Waals surface area contributed by atoms with Gasteiger partial charge in [-0.2, -0.15) is 0 Å². The molecule has 1 atom stereocenters. The Balaban J connectivity index is 0.00000121. The minimum absolute atomic E-state index is 0. The third kappa shape index (κ3) is 4.96. The van der Waals surface area contributed by atoms with Crippen LogP contribution in [-0.2, 0) is 4.74 Å². The molecule has 0 aromatic carbocycles. The van der Waals surface area contributed by atoms with E-state index in [9.17, 15) is 0 Å². The van der Waals surface area contributed by atoms with Crippen molar-refractivity contribution in [1.82, 2.24) is 0 Å². The fourth-order valence-corrected chi connectivity index (χ4v) is 1.52. The first-order chi connectivity index (χ1) is 5.29. The molecule has 0 heterocycles. The summed E-state index contributed by atoms with van der Waals surface area (Å²) in [4.78, 5) is 0. The Hall–Kier alpha value is 0.210. The highest BCUT2D eigenvalue weighted by atomic mass is 35.5. The van der Waals surface area contributed by atoms with Gasteiger partial charge in [0.2, 0.25) is 0 Å². The Labute approximate surface area is 81.3 Å². The van der Waals surface area contributed by atoms with E-state index >= 15 is 0 Å². The van der Waals surface area contributed by atoms with Crippen LogP contribution in [0.1, 0.15) is 39.0 Å². The van der Waals surface area contributed by atoms with Crippen molar-refractivity contribution in [1.29, 1.82) is 0 Å². The van der Waals surface area contributed by atoms with Crippen LogP contribution < -0.4 is 5.73 Å². The van der Waals surface area contributed by atoms with E-state index in [0.29, 0.717) is 6.10 Å². The predicted molar refractivity (Wildman–Crippen MR) is 53.7 cm³/mol. The molecule has 0 saturated heterocycles. The van der Waals surface area contributed by atoms with Crippen molar-refractivity contribution in [2.24, 2.45) is 5.73 Å². The number of ether oxygens (including phenoxy) is 1. The standard InChI is InChI=1S/C9H19NO.ClH/c1-8(10)7-11-9-5-3-2-4-6-9;/h8-9H,2-7,10H2,1H3;1H. The lowest BCUT2D eigenvalue weighted by Crippen LogP contribution is -2.27. The van der Waals surface area contributed by atoms with E-state index in [1.54, 1.807) is 0 Å². The van der Waals surface area contributed by atoms with Crippen LogP contribution in [0.15, 0.2) is 0 Å². The summed E-state index contributed by atoms with van der Waals surface area (Å²) in [5.41, 5.74) is 5.58. The average Bonchev–Trinajstić information content (AvgIpc) is 2.03. The molecule has 0 spiro atoms. The third-order valence-corrected chi connectivity index (χ3v) is 2.15. The fourth-order valence-electron chi connectivity index (χ4n) is 1.52. The first kappa shape index (κ1) is 12.2. The molecule has 12 heavy (non-hydrogen) atoms. The second-order valence-electron chi connectivity index (χ2n) is 3.57. The van der Waals surface area contributed by atoms with E-state index < -0.39 is 0 Å². The van der Waals surface area contributed by atoms with Gasteiger partial charge < -0.3 is 10.5 Å². The quantitative estimate of drug-likeness (QED) is 0.745. The van der Waals surface area contributed by atoms with Gasteiger partial charge in [0.15, 0.2) is 0 Å². The SMILES string of the molecule is CC(N)COC1CCCCC1.Cl. The van der Waals surface area contributed by atoms with Gasteiger partial charge in [-0.05, 0) is 19.8 Å². The van der Waals surface area contributed by atoms with Crippen LogP contribution in [0, 0.1) is 0 Å². The molecule has 0 aromatic rings. The number of halogens is 1. The van der Waals surface area contributed by atoms with Crippen molar-refractivity contribution in [3.05, 3.63) is 0 Å². The maximum absolute atomic E-state index is 5.62. The van der Waals surface area contributed by atoms with Crippen LogP contribution in [0.25, 0.3) is 0 Å². The van der Waals surface area contributed by atoms with Crippen molar-refractivity contribution >= 4 is 12.4 Å². The summed E-state index contributed by atoms with van der Waals surface area (Å²) in [6, 6.07) is 0.192. The summed E-state index contributed by atoms with van der Waals surface area (Å²) < 4.78 is 5.62. The lowest BCUT2D eigenvalue weighted by Gasteiger charge is -2.22. The van der Waals surface area contributed by atoms with E-state index in [4.69, 9.17) is 10.5 Å². The monoisotopic (exact) mass is 193 g/mol. The van der Waals surface area contributed by atoms with Gasteiger partial charge in [-0.15, -0.1) is 12.4 Å². The Morgan fingerprint density at radius 3 is 2.42 bits per heavy atom. The zero-order valence-electron chi connectivity index (χ0n) is 7.79. The smallest absolute Gasteiger partial charge is 0.0618 e. The molecule has 0 radical (unpaired) electrons. The number of hydrogen-bond acceptors (Lipinski definition) is 2. The maximum atomic E-state index is 5.62. The van der Waals surface area contributed by atoms with Crippen LogP contribution in [0.2, 0.25) is 0 Å². The molecule has 1 fully saturated rings. The summed E-state index contributed by atoms with van der Waals surface area (Å²) in [5, 5.41) is 0. The van der Waals surface area contributed by atoms with Crippen LogP contribution in [0.4, 0.5) is 0 Å². The van der Waals surface area contributed by atoms with Crippen molar-refractivity contribution in [2.45, 2.75) is 51.2 Å². The van der Waals surface area contributed by atoms with Crippen LogP contribution in [0.3, 0.4) is 0 Å². The molecule has 1 aliphatic rings. The molecule has 1 aliphatic carbocycles. The second-order valence-corrected chi connectivity index (χ2v) is 3.57. The molecule has 74 valence electrons. The van der Waals surface area contributed by atoms with E-state index in [1.165, 1.54) is 32.1 Å². The first-order valence-corrected chi connectivity index (χ1v) is 4.66. The minimum Gasteiger partial charge on any atom is -0.377 e. The fraction of sp³-hybridized carbons (Fsp3) is 1.00. The van der Waals surface area contributed by atoms with Gasteiger partial charge in [0.1, 0.15) is 0 Å². The van der Waals surface area contributed by atoms with Gasteiger partial charge in [0.05, 0.1) is 12.7 Å². The molecule has 2 nitrogen and oxygen atoms in total. The minimum atomic E-state index is 0. The number of hydrogen-bond donors (Lipinski definition) is 1. The van der Waals surface area contributed by atoms with Gasteiger partial charge >= 0.3 is 0 Å². The Kier molecular flexibility index (Phi) is 6.81. The topological polar surface area (TPSA) is 35.2 Å². The highest BCUT2D eigenvalue weighted by molar-refractivity contribution is 5.85. The molecule has 0 aromatic heterocycles. The summed E-state index contributed by atoms with van der Waals surface area (Å²) in [6.07, 6.45) is 7.06. The third-order valence-electron chi connectivity index (χ3n) is 2.15. The molecule has 1 rings (SSSR count). The van der Waals surface area contributed by atoms with E-state index in [0.717, 1.165) is 6.61 Å². The normalized spacial score (nSPS) is 21.5. The zero-order valence-corrected chi connectivity index (χ0v) is 8.61. The molecule has 3 heteroatoms. The van der Waals surface area contributed by atoms with Crippen molar-refractivity contribution in [3.8, 4) is 0 Å². The van der Waals surface area contributed by atoms with Crippen molar-refractivity contribution in [2.75, 3.05) is 6.61 Å². The van der Waals surface area contributed by atoms with Gasteiger partial charge in [-0.1, -0.05) is 19.3 Å². The first-order valence-electron chi connectivity index (χ1n) is 4.66. The second kappa shape index (κ2) is 6.70. The van der Waals surface area contributed by atoms with Crippen molar-refractivity contribution in [3.63, 3.8) is 0 Å². The number of nitrogens with two attached hydrogens (primary N) is 1. The van der Waals surface area contributed by atoms with Crippen LogP contribution in [-0.4, -0.2) is 18.8 Å². The number of rotatable bonds is 3. The van der Waals surface area contributed by atoms with E-state index in [-0.39, 0.29) is 18.4 Å². The predicted octanol–water partition coefficient (Wildman–Crippen LogP) is 2.10. The molecule has 0 bridgehead atoms. The summed E-state index contributed by atoms with van der Waals surface area (Å²) in [6.45, 7) is 2.72. The largest absolute Gasteiger partial charge is 0.377 e. The molecule has 1 unspecified atom stereocenters. The van der Waals surface area contributed by atoms with Gasteiger partial charge in [-0.25, -0.2) is 0 Å². The van der Waals surface area contributed by atoms with Crippen molar-refractivity contribution < 1.29 is 4.74 Å². The van der Waals surface area contributed by atoms with Gasteiger partial charge in [0, 0.05) is 6.04 Å². The molecule has 0 amide bonds. The summed E-state index contributed by atoms with van der Waals surface area (Å²) in [7, 11) is 0. The molecule has 2 N–H and O–H groups in total. The van der Waals surface area contributed by atoms with E-state index in [2.05, 4.69) is 0 Å². The van der Waals surface area contributed by atoms with Crippen LogP contribution in [0.5, 0.6) is 0 Å². The Bertz CT molecular complexity index is 103. The Morgan fingerprint density at radius 1 is 1.33 bits per heavy atom. The maximum Gasteiger partial charge on any atom is 0.0618 e. The Morgan fingerprint density at radius 2 is 1.92 bits per heavy atom. The zero-order chi connectivity index (χ0) is 8.10. The van der Waals surface area contributed by atoms with Gasteiger partial charge in [-0.3, -0.25) is 0 Å². The average molecular weight is 194 g/mol. The highest BCUT2D eigenvalue weighted by Crippen LogP contribution is 2.19. The van der Waals surface area contributed by atoms with Crippen LogP contribution >= 0.6 is 12.4 Å². The van der Waals surface area contributed by atoms with Gasteiger partial charge in [0.25, 0.3) is 0 Å². The lowest BCUT2D eigenvalue weighted by atomic mass is 9.98. The molecular weight excluding hydrogens is 174 g/mol. The summed E-state index contributed by atoms with van der Waals surface area (Å²) >= 11 is 0. The molecule has 0 aliphatic heterocycles. The molecule has 1 saturated carbocycles. The lowest BCUT2D eigenvalue weighted by molar-refractivity contribution is 0.0229. The molecular formula is C9H20ClNO. The summed E-state index contributed by atoms with van der Waals surface area (Å²) in [5.74, 6) is 0. The van der Waals surface area contributed by atoms with E-state index in [1.807, 2.05) is 6.92 Å². The highest BCUT2D eigenvalue weighted by Gasteiger charge is 2.13.